The maximum absolute atomic E-state index is 12.4. The second-order valence-electron chi connectivity index (χ2n) is 15.9. The number of carboxylic acids is 1. The predicted octanol–water partition coefficient (Wildman–Crippen LogP) is 3.36. The maximum atomic E-state index is 12.4. The van der Waals surface area contributed by atoms with Crippen LogP contribution in [-0.2, 0) is 9.53 Å². The van der Waals surface area contributed by atoms with Crippen LogP contribution in [0.15, 0.2) is 0 Å². The van der Waals surface area contributed by atoms with Gasteiger partial charge in [-0.2, -0.15) is 0 Å². The summed E-state index contributed by atoms with van der Waals surface area (Å²) in [6, 6.07) is 0. The number of carbonyl (C=O) groups is 1. The molecule has 0 radical (unpaired) electrons. The lowest BCUT2D eigenvalue weighted by atomic mass is 9.31. The van der Waals surface area contributed by atoms with Gasteiger partial charge >= 0.3 is 5.97 Å². The van der Waals surface area contributed by atoms with Crippen molar-refractivity contribution in [1.29, 1.82) is 0 Å². The van der Waals surface area contributed by atoms with E-state index in [4.69, 9.17) is 4.74 Å². The van der Waals surface area contributed by atoms with Gasteiger partial charge in [-0.15, -0.1) is 0 Å². The van der Waals surface area contributed by atoms with E-state index >= 15 is 0 Å². The van der Waals surface area contributed by atoms with Crippen LogP contribution in [0.3, 0.4) is 0 Å². The van der Waals surface area contributed by atoms with Gasteiger partial charge in [0.25, 0.3) is 0 Å². The highest BCUT2D eigenvalue weighted by Gasteiger charge is 2.85. The lowest BCUT2D eigenvalue weighted by Gasteiger charge is -2.73. The molecular weight excluding hydrogens is 472 g/mol. The van der Waals surface area contributed by atoms with Crippen molar-refractivity contribution in [2.24, 2.45) is 50.2 Å². The average molecular weight is 521 g/mol. The monoisotopic (exact) mass is 520 g/mol. The Morgan fingerprint density at radius 3 is 2.03 bits per heavy atom. The van der Waals surface area contributed by atoms with Gasteiger partial charge in [0.2, 0.25) is 0 Å². The highest BCUT2D eigenvalue weighted by molar-refractivity contribution is 5.75. The van der Waals surface area contributed by atoms with Crippen molar-refractivity contribution in [2.75, 3.05) is 0 Å². The summed E-state index contributed by atoms with van der Waals surface area (Å²) in [7, 11) is 0. The van der Waals surface area contributed by atoms with Gasteiger partial charge in [0.1, 0.15) is 5.60 Å². The number of carboxylic acid groups (broad SMARTS) is 1. The fourth-order valence-electron chi connectivity index (χ4n) is 12.0. The third kappa shape index (κ3) is 2.65. The molecule has 5 N–H and O–H groups in total. The molecule has 14 atom stereocenters. The van der Waals surface area contributed by atoms with E-state index in [-0.39, 0.29) is 33.7 Å². The fourth-order valence-corrected chi connectivity index (χ4v) is 12.0. The first kappa shape index (κ1) is 26.5. The number of hydrogen-bond donors (Lipinski definition) is 5. The number of fused-ring (bicyclic) bond motifs is 5. The zero-order valence-electron chi connectivity index (χ0n) is 23.6. The molecule has 0 aromatic carbocycles. The van der Waals surface area contributed by atoms with Crippen LogP contribution >= 0.6 is 0 Å². The third-order valence-electron chi connectivity index (χ3n) is 14.5. The Balaban J connectivity index is 1.45. The van der Waals surface area contributed by atoms with Gasteiger partial charge in [-0.1, -0.05) is 41.5 Å². The van der Waals surface area contributed by atoms with E-state index in [9.17, 15) is 30.3 Å². The van der Waals surface area contributed by atoms with E-state index in [1.807, 2.05) is 6.92 Å². The van der Waals surface area contributed by atoms with Gasteiger partial charge < -0.3 is 30.3 Å². The first-order valence-electron chi connectivity index (χ1n) is 14.5. The summed E-state index contributed by atoms with van der Waals surface area (Å²) >= 11 is 0. The van der Waals surface area contributed by atoms with Crippen LogP contribution in [0.1, 0.15) is 93.4 Å². The summed E-state index contributed by atoms with van der Waals surface area (Å²) in [4.78, 5) is 12.4. The molecule has 1 spiro atoms. The molecule has 0 bridgehead atoms. The summed E-state index contributed by atoms with van der Waals surface area (Å²) in [5.74, 6) is -0.629. The van der Waals surface area contributed by atoms with Crippen LogP contribution < -0.4 is 0 Å². The molecule has 5 aliphatic carbocycles. The molecule has 7 heteroatoms. The van der Waals surface area contributed by atoms with Crippen molar-refractivity contribution >= 4 is 5.97 Å². The Bertz CT molecular complexity index is 1030. The van der Waals surface area contributed by atoms with Crippen LogP contribution in [0.25, 0.3) is 0 Å². The van der Waals surface area contributed by atoms with Crippen molar-refractivity contribution in [1.82, 2.24) is 0 Å². The smallest absolute Gasteiger partial charge is 0.312 e. The third-order valence-corrected chi connectivity index (χ3v) is 14.5. The fraction of sp³-hybridized carbons (Fsp3) is 0.967. The Morgan fingerprint density at radius 2 is 1.41 bits per heavy atom. The SMILES string of the molecule is CC1(C)[C@@H](O)[C@H](O)C[C@]2(C)[C@H]3C[C@H]4O[C@]45[C@@H]4C[C@@](C)(C(=O)O)[C@@H](O)[C@@H](O)[C@]4(C)CC[C@@]5(C)[C@]3(C)CC[C@@H]12. The van der Waals surface area contributed by atoms with Crippen molar-refractivity contribution in [2.45, 2.75) is 130 Å². The van der Waals surface area contributed by atoms with Crippen molar-refractivity contribution in [3.05, 3.63) is 0 Å². The molecule has 0 aromatic rings. The quantitative estimate of drug-likeness (QED) is 0.335. The zero-order chi connectivity index (χ0) is 27.4. The Hall–Kier alpha value is -0.730. The Morgan fingerprint density at radius 1 is 0.757 bits per heavy atom. The highest BCUT2D eigenvalue weighted by atomic mass is 16.6. The molecule has 1 saturated heterocycles. The molecule has 7 nitrogen and oxygen atoms in total. The molecule has 0 aromatic heterocycles. The second-order valence-corrected chi connectivity index (χ2v) is 15.9. The van der Waals surface area contributed by atoms with E-state index < -0.39 is 46.8 Å². The summed E-state index contributed by atoms with van der Waals surface area (Å²) in [6.07, 6.45) is 1.34. The minimum absolute atomic E-state index is 0.0247. The van der Waals surface area contributed by atoms with Crippen LogP contribution in [0.2, 0.25) is 0 Å². The van der Waals surface area contributed by atoms with Crippen LogP contribution in [0, 0.1) is 50.2 Å². The zero-order valence-corrected chi connectivity index (χ0v) is 23.6. The molecule has 5 saturated carbocycles. The number of ether oxygens (including phenoxy) is 1. The number of aliphatic carboxylic acids is 1. The van der Waals surface area contributed by atoms with E-state index in [2.05, 4.69) is 34.6 Å². The number of aliphatic hydroxyl groups excluding tert-OH is 4. The van der Waals surface area contributed by atoms with Crippen molar-refractivity contribution in [3.8, 4) is 0 Å². The summed E-state index contributed by atoms with van der Waals surface area (Å²) in [5, 5.41) is 54.5. The lowest BCUT2D eigenvalue weighted by Crippen LogP contribution is -2.74. The van der Waals surface area contributed by atoms with E-state index in [0.717, 1.165) is 32.1 Å². The normalized spacial score (nSPS) is 63.8. The first-order valence-corrected chi connectivity index (χ1v) is 14.5. The molecule has 6 fully saturated rings. The van der Waals surface area contributed by atoms with E-state index in [1.165, 1.54) is 0 Å². The average Bonchev–Trinajstić information content (AvgIpc) is 3.54. The molecule has 1 aliphatic heterocycles. The van der Waals surface area contributed by atoms with Gasteiger partial charge in [0, 0.05) is 16.7 Å². The molecule has 210 valence electrons. The van der Waals surface area contributed by atoms with Crippen LogP contribution in [0.4, 0.5) is 0 Å². The molecule has 37 heavy (non-hydrogen) atoms. The topological polar surface area (TPSA) is 131 Å². The molecule has 1 heterocycles. The summed E-state index contributed by atoms with van der Waals surface area (Å²) in [6.45, 7) is 15.0. The van der Waals surface area contributed by atoms with Gasteiger partial charge in [-0.25, -0.2) is 0 Å². The molecular formula is C30H48O7. The maximum Gasteiger partial charge on any atom is 0.312 e. The van der Waals surface area contributed by atoms with Gasteiger partial charge in [-0.05, 0) is 80.0 Å². The molecule has 6 aliphatic rings. The van der Waals surface area contributed by atoms with Gasteiger partial charge in [0.15, 0.2) is 0 Å². The molecule has 6 rings (SSSR count). The van der Waals surface area contributed by atoms with E-state index in [1.54, 1.807) is 6.92 Å². The molecule has 0 unspecified atom stereocenters. The Labute approximate surface area is 221 Å². The standard InChI is InChI=1S/C30H48O7/c1-24(2)16-8-9-28(6)17(26(16,4)13-15(31)20(24)32)12-19-30(37-19)18-14-27(5,23(35)36)22(34)21(33)25(18,3)10-11-29(28,30)7/h15-22,31-34H,8-14H2,1-7H3,(H,35,36)/t15-,16+,17-,18-,19-,20+,21-,22+,25-,26+,27-,28-,29+,30-/m1/s1. The first-order chi connectivity index (χ1) is 16.9. The van der Waals surface area contributed by atoms with Gasteiger partial charge in [0.05, 0.1) is 35.9 Å². The minimum atomic E-state index is -1.43. The van der Waals surface area contributed by atoms with Crippen LogP contribution in [-0.4, -0.2) is 67.6 Å². The number of epoxide rings is 1. The number of aliphatic hydroxyl groups is 4. The van der Waals surface area contributed by atoms with Crippen molar-refractivity contribution < 1.29 is 35.1 Å². The predicted molar refractivity (Wildman–Crippen MR) is 136 cm³/mol. The second kappa shape index (κ2) is 7.12. The number of hydrogen-bond acceptors (Lipinski definition) is 6. The molecule has 0 amide bonds. The Kier molecular flexibility index (Phi) is 5.10. The minimum Gasteiger partial charge on any atom is -0.481 e. The highest BCUT2D eigenvalue weighted by Crippen LogP contribution is 2.83. The number of rotatable bonds is 1. The van der Waals surface area contributed by atoms with Crippen molar-refractivity contribution in [3.63, 3.8) is 0 Å². The van der Waals surface area contributed by atoms with Crippen LogP contribution in [0.5, 0.6) is 0 Å². The largest absolute Gasteiger partial charge is 0.481 e. The van der Waals surface area contributed by atoms with Gasteiger partial charge in [-0.3, -0.25) is 4.79 Å². The lowest BCUT2D eigenvalue weighted by molar-refractivity contribution is -0.275. The van der Waals surface area contributed by atoms with E-state index in [0.29, 0.717) is 24.7 Å². The summed E-state index contributed by atoms with van der Waals surface area (Å²) in [5.41, 5.74) is -3.40. The summed E-state index contributed by atoms with van der Waals surface area (Å²) < 4.78 is 6.85.